The second-order valence-electron chi connectivity index (χ2n) is 5.16. The molecule has 0 aromatic rings. The van der Waals surface area contributed by atoms with Crippen molar-refractivity contribution in [1.82, 2.24) is 0 Å². The molecule has 0 rings (SSSR count). The summed E-state index contributed by atoms with van der Waals surface area (Å²) in [6.07, 6.45) is 13.6. The Bertz CT molecular complexity index is 210. The molecule has 0 saturated carbocycles. The van der Waals surface area contributed by atoms with Gasteiger partial charge >= 0.3 is 0 Å². The Balaban J connectivity index is 3.76. The number of allylic oxidation sites excluding steroid dienone is 4. The van der Waals surface area contributed by atoms with Gasteiger partial charge in [0.05, 0.1) is 0 Å². The van der Waals surface area contributed by atoms with Gasteiger partial charge in [-0.15, -0.1) is 0 Å². The summed E-state index contributed by atoms with van der Waals surface area (Å²) in [5.74, 6) is 1.48. The Morgan fingerprint density at radius 3 is 2.12 bits per heavy atom. The highest BCUT2D eigenvalue weighted by atomic mass is 14.1. The Hall–Kier alpha value is -0.520. The normalized spacial score (nSPS) is 16.7. The van der Waals surface area contributed by atoms with Crippen molar-refractivity contribution in [2.75, 3.05) is 0 Å². The monoisotopic (exact) mass is 222 g/mol. The highest BCUT2D eigenvalue weighted by molar-refractivity contribution is 4.97. The summed E-state index contributed by atoms with van der Waals surface area (Å²) in [4.78, 5) is 0. The third-order valence-corrected chi connectivity index (χ3v) is 3.27. The van der Waals surface area contributed by atoms with E-state index in [-0.39, 0.29) is 0 Å². The lowest BCUT2D eigenvalue weighted by atomic mass is 9.98. The summed E-state index contributed by atoms with van der Waals surface area (Å²) in [6, 6.07) is 0. The topological polar surface area (TPSA) is 0 Å². The minimum atomic E-state index is 0.721. The van der Waals surface area contributed by atoms with Crippen molar-refractivity contribution in [3.63, 3.8) is 0 Å². The molecule has 0 N–H and O–H groups in total. The SMILES string of the molecule is C/C=C(\C)CCC(C)/C=C\C(C)CCCC. The van der Waals surface area contributed by atoms with Crippen LogP contribution < -0.4 is 0 Å². The zero-order chi connectivity index (χ0) is 12.4. The first-order chi connectivity index (χ1) is 7.60. The zero-order valence-electron chi connectivity index (χ0n) is 11.9. The molecule has 94 valence electrons. The van der Waals surface area contributed by atoms with Crippen molar-refractivity contribution < 1.29 is 0 Å². The average molecular weight is 222 g/mol. The van der Waals surface area contributed by atoms with Crippen molar-refractivity contribution in [3.05, 3.63) is 23.8 Å². The van der Waals surface area contributed by atoms with Crippen molar-refractivity contribution in [1.29, 1.82) is 0 Å². The molecule has 0 heteroatoms. The maximum absolute atomic E-state index is 2.41. The minimum absolute atomic E-state index is 0.721. The van der Waals surface area contributed by atoms with Gasteiger partial charge in [0.15, 0.2) is 0 Å². The maximum atomic E-state index is 2.41. The highest BCUT2D eigenvalue weighted by Gasteiger charge is 2.00. The Labute approximate surface area is 103 Å². The average Bonchev–Trinajstić information content (AvgIpc) is 2.30. The standard InChI is InChI=1S/C16H30/c1-6-8-9-15(4)12-13-16(5)11-10-14(3)7-2/h7,12-13,15-16H,6,8-11H2,1-5H3/b13-12-,14-7+. The van der Waals surface area contributed by atoms with Gasteiger partial charge in [-0.2, -0.15) is 0 Å². The first kappa shape index (κ1) is 15.5. The molecule has 0 saturated heterocycles. The molecule has 0 aromatic carbocycles. The van der Waals surface area contributed by atoms with E-state index in [1.165, 1.54) is 37.7 Å². The molecule has 0 aliphatic carbocycles. The number of unbranched alkanes of at least 4 members (excludes halogenated alkanes) is 1. The molecule has 0 radical (unpaired) electrons. The van der Waals surface area contributed by atoms with Gasteiger partial charge in [-0.05, 0) is 44.9 Å². The van der Waals surface area contributed by atoms with Crippen LogP contribution in [0.25, 0.3) is 0 Å². The van der Waals surface area contributed by atoms with E-state index in [1.54, 1.807) is 0 Å². The van der Waals surface area contributed by atoms with Crippen LogP contribution in [0.1, 0.15) is 66.7 Å². The molecule has 0 aromatic heterocycles. The molecule has 16 heavy (non-hydrogen) atoms. The summed E-state index contributed by atoms with van der Waals surface area (Å²) >= 11 is 0. The molecular weight excluding hydrogens is 192 g/mol. The van der Waals surface area contributed by atoms with Gasteiger partial charge in [0.1, 0.15) is 0 Å². The van der Waals surface area contributed by atoms with Gasteiger partial charge in [0.2, 0.25) is 0 Å². The first-order valence-electron chi connectivity index (χ1n) is 6.90. The molecular formula is C16H30. The molecule has 0 nitrogen and oxygen atoms in total. The molecule has 0 bridgehead atoms. The number of hydrogen-bond donors (Lipinski definition) is 0. The quantitative estimate of drug-likeness (QED) is 0.459. The predicted octanol–water partition coefficient (Wildman–Crippen LogP) is 5.75. The van der Waals surface area contributed by atoms with Gasteiger partial charge in [-0.25, -0.2) is 0 Å². The van der Waals surface area contributed by atoms with E-state index in [1.807, 2.05) is 0 Å². The van der Waals surface area contributed by atoms with Crippen LogP contribution in [0.15, 0.2) is 23.8 Å². The predicted molar refractivity (Wildman–Crippen MR) is 75.7 cm³/mol. The van der Waals surface area contributed by atoms with Crippen molar-refractivity contribution in [2.24, 2.45) is 11.8 Å². The summed E-state index contributed by atoms with van der Waals surface area (Å²) < 4.78 is 0. The van der Waals surface area contributed by atoms with Crippen LogP contribution >= 0.6 is 0 Å². The van der Waals surface area contributed by atoms with Crippen molar-refractivity contribution in [3.8, 4) is 0 Å². The summed E-state index contributed by atoms with van der Waals surface area (Å²) in [7, 11) is 0. The van der Waals surface area contributed by atoms with Crippen molar-refractivity contribution >= 4 is 0 Å². The fourth-order valence-corrected chi connectivity index (χ4v) is 1.70. The smallest absolute Gasteiger partial charge is 0.0259 e. The van der Waals surface area contributed by atoms with Gasteiger partial charge < -0.3 is 0 Å². The van der Waals surface area contributed by atoms with Crippen LogP contribution in [0.4, 0.5) is 0 Å². The molecule has 0 aliphatic heterocycles. The van der Waals surface area contributed by atoms with Crippen LogP contribution in [0, 0.1) is 11.8 Å². The Morgan fingerprint density at radius 2 is 1.62 bits per heavy atom. The summed E-state index contributed by atoms with van der Waals surface area (Å²) in [5.41, 5.74) is 1.51. The van der Waals surface area contributed by atoms with Gasteiger partial charge in [0.25, 0.3) is 0 Å². The van der Waals surface area contributed by atoms with Crippen LogP contribution in [0.5, 0.6) is 0 Å². The number of hydrogen-bond acceptors (Lipinski definition) is 0. The van der Waals surface area contributed by atoms with Crippen LogP contribution in [0.2, 0.25) is 0 Å². The third-order valence-electron chi connectivity index (χ3n) is 3.27. The van der Waals surface area contributed by atoms with Gasteiger partial charge in [-0.1, -0.05) is 57.4 Å². The third kappa shape index (κ3) is 8.76. The van der Waals surface area contributed by atoms with Gasteiger partial charge in [-0.3, -0.25) is 0 Å². The fourth-order valence-electron chi connectivity index (χ4n) is 1.70. The van der Waals surface area contributed by atoms with Crippen LogP contribution in [-0.2, 0) is 0 Å². The summed E-state index contributed by atoms with van der Waals surface area (Å²) in [5, 5.41) is 0. The van der Waals surface area contributed by atoms with E-state index < -0.39 is 0 Å². The lowest BCUT2D eigenvalue weighted by Gasteiger charge is -2.08. The molecule has 0 spiro atoms. The maximum Gasteiger partial charge on any atom is -0.0259 e. The first-order valence-corrected chi connectivity index (χ1v) is 6.90. The van der Waals surface area contributed by atoms with Crippen LogP contribution in [-0.4, -0.2) is 0 Å². The highest BCUT2D eigenvalue weighted by Crippen LogP contribution is 2.15. The molecule has 0 fully saturated rings. The fraction of sp³-hybridized carbons (Fsp3) is 0.750. The van der Waals surface area contributed by atoms with E-state index in [2.05, 4.69) is 52.8 Å². The second-order valence-corrected chi connectivity index (χ2v) is 5.16. The van der Waals surface area contributed by atoms with Crippen LogP contribution in [0.3, 0.4) is 0 Å². The largest absolute Gasteiger partial charge is 0.0887 e. The van der Waals surface area contributed by atoms with E-state index in [0.717, 1.165) is 11.8 Å². The zero-order valence-corrected chi connectivity index (χ0v) is 11.9. The Morgan fingerprint density at radius 1 is 1.06 bits per heavy atom. The van der Waals surface area contributed by atoms with Crippen molar-refractivity contribution in [2.45, 2.75) is 66.7 Å². The lowest BCUT2D eigenvalue weighted by molar-refractivity contribution is 0.584. The second kappa shape index (κ2) is 9.69. The van der Waals surface area contributed by atoms with Gasteiger partial charge in [0, 0.05) is 0 Å². The number of rotatable bonds is 8. The van der Waals surface area contributed by atoms with E-state index in [9.17, 15) is 0 Å². The van der Waals surface area contributed by atoms with E-state index >= 15 is 0 Å². The molecule has 2 unspecified atom stereocenters. The molecule has 0 aliphatic rings. The lowest BCUT2D eigenvalue weighted by Crippen LogP contribution is -1.94. The van der Waals surface area contributed by atoms with E-state index in [4.69, 9.17) is 0 Å². The minimum Gasteiger partial charge on any atom is -0.0887 e. The molecule has 0 amide bonds. The Kier molecular flexibility index (Phi) is 9.37. The summed E-state index contributed by atoms with van der Waals surface area (Å²) in [6.45, 7) is 11.3. The molecule has 0 heterocycles. The molecule has 2 atom stereocenters. The van der Waals surface area contributed by atoms with E-state index in [0.29, 0.717) is 0 Å².